The first-order valence-corrected chi connectivity index (χ1v) is 4.95. The van der Waals surface area contributed by atoms with Crippen LogP contribution in [0.4, 0.5) is 0 Å². The van der Waals surface area contributed by atoms with E-state index in [1.807, 2.05) is 31.2 Å². The Hall–Kier alpha value is -1.02. The first kappa shape index (κ1) is 11.1. The molecule has 0 saturated heterocycles. The molecular formula is C11H13ClO2. The van der Waals surface area contributed by atoms with Crippen LogP contribution in [-0.2, 0) is 11.2 Å². The molecule has 3 heteroatoms. The molecule has 0 saturated carbocycles. The zero-order chi connectivity index (χ0) is 10.6. The van der Waals surface area contributed by atoms with Crippen molar-refractivity contribution in [2.24, 2.45) is 0 Å². The fourth-order valence-electron chi connectivity index (χ4n) is 1.28. The molecule has 0 bridgehead atoms. The molecule has 1 rings (SSSR count). The van der Waals surface area contributed by atoms with Gasteiger partial charge in [0.2, 0.25) is 0 Å². The van der Waals surface area contributed by atoms with E-state index < -0.39 is 11.3 Å². The maximum atomic E-state index is 10.5. The highest BCUT2D eigenvalue weighted by Crippen LogP contribution is 2.11. The van der Waals surface area contributed by atoms with Gasteiger partial charge in [0.25, 0.3) is 0 Å². The van der Waals surface area contributed by atoms with Crippen molar-refractivity contribution in [3.05, 3.63) is 35.4 Å². The van der Waals surface area contributed by atoms with E-state index in [0.717, 1.165) is 5.56 Å². The lowest BCUT2D eigenvalue weighted by atomic mass is 10.1. The Balaban J connectivity index is 2.49. The summed E-state index contributed by atoms with van der Waals surface area (Å²) >= 11 is 5.61. The summed E-state index contributed by atoms with van der Waals surface area (Å²) < 4.78 is 0. The molecule has 1 aromatic carbocycles. The van der Waals surface area contributed by atoms with Crippen LogP contribution in [0.15, 0.2) is 24.3 Å². The minimum atomic E-state index is -0.945. The summed E-state index contributed by atoms with van der Waals surface area (Å²) in [5.74, 6) is -0.945. The topological polar surface area (TPSA) is 37.3 Å². The van der Waals surface area contributed by atoms with Gasteiger partial charge in [-0.15, -0.1) is 11.6 Å². The third kappa shape index (κ3) is 3.38. The van der Waals surface area contributed by atoms with Crippen molar-refractivity contribution in [1.82, 2.24) is 0 Å². The average Bonchev–Trinajstić information content (AvgIpc) is 2.14. The molecule has 1 unspecified atom stereocenters. The number of carboxylic acid groups (broad SMARTS) is 1. The molecule has 0 amide bonds. The van der Waals surface area contributed by atoms with Gasteiger partial charge in [-0.2, -0.15) is 0 Å². The van der Waals surface area contributed by atoms with Gasteiger partial charge in [-0.1, -0.05) is 29.8 Å². The van der Waals surface area contributed by atoms with Crippen molar-refractivity contribution in [2.75, 3.05) is 0 Å². The quantitative estimate of drug-likeness (QED) is 0.780. The van der Waals surface area contributed by atoms with Gasteiger partial charge in [0.1, 0.15) is 5.38 Å². The molecule has 0 aliphatic rings. The summed E-state index contributed by atoms with van der Waals surface area (Å²) in [6.07, 6.45) is 1.18. The predicted octanol–water partition coefficient (Wildman–Crippen LogP) is 2.62. The number of halogens is 1. The summed E-state index contributed by atoms with van der Waals surface area (Å²) in [6.45, 7) is 2.01. The van der Waals surface area contributed by atoms with Crippen LogP contribution in [0.5, 0.6) is 0 Å². The fourth-order valence-corrected chi connectivity index (χ4v) is 1.39. The Labute approximate surface area is 88.5 Å². The summed E-state index contributed by atoms with van der Waals surface area (Å²) in [7, 11) is 0. The molecule has 14 heavy (non-hydrogen) atoms. The molecule has 76 valence electrons. The number of aliphatic carboxylic acids is 1. The number of benzene rings is 1. The zero-order valence-electron chi connectivity index (χ0n) is 8.03. The van der Waals surface area contributed by atoms with Crippen molar-refractivity contribution in [1.29, 1.82) is 0 Å². The van der Waals surface area contributed by atoms with E-state index >= 15 is 0 Å². The number of hydrogen-bond acceptors (Lipinski definition) is 1. The number of hydrogen-bond donors (Lipinski definition) is 1. The molecule has 1 atom stereocenters. The zero-order valence-corrected chi connectivity index (χ0v) is 8.79. The average molecular weight is 213 g/mol. The Kier molecular flexibility index (Phi) is 3.96. The van der Waals surface area contributed by atoms with Crippen LogP contribution in [0.1, 0.15) is 17.5 Å². The third-order valence-corrected chi connectivity index (χ3v) is 2.44. The van der Waals surface area contributed by atoms with Crippen molar-refractivity contribution in [2.45, 2.75) is 25.1 Å². The van der Waals surface area contributed by atoms with Crippen LogP contribution >= 0.6 is 11.6 Å². The fraction of sp³-hybridized carbons (Fsp3) is 0.364. The lowest BCUT2D eigenvalue weighted by Crippen LogP contribution is -2.13. The minimum absolute atomic E-state index is 0.473. The van der Waals surface area contributed by atoms with Crippen LogP contribution in [0.3, 0.4) is 0 Å². The summed E-state index contributed by atoms with van der Waals surface area (Å²) in [6, 6.07) is 8.01. The largest absolute Gasteiger partial charge is 0.480 e. The van der Waals surface area contributed by atoms with Crippen LogP contribution in [0, 0.1) is 6.92 Å². The second-order valence-electron chi connectivity index (χ2n) is 3.33. The predicted molar refractivity (Wildman–Crippen MR) is 56.8 cm³/mol. The first-order valence-electron chi connectivity index (χ1n) is 4.52. The molecule has 0 heterocycles. The van der Waals surface area contributed by atoms with Gasteiger partial charge in [-0.05, 0) is 25.3 Å². The number of alkyl halides is 1. The second-order valence-corrected chi connectivity index (χ2v) is 3.86. The molecule has 0 aromatic heterocycles. The maximum absolute atomic E-state index is 10.5. The van der Waals surface area contributed by atoms with Crippen molar-refractivity contribution >= 4 is 17.6 Å². The van der Waals surface area contributed by atoms with E-state index in [9.17, 15) is 4.79 Å². The number of rotatable bonds is 4. The lowest BCUT2D eigenvalue weighted by molar-refractivity contribution is -0.136. The molecule has 0 radical (unpaired) electrons. The van der Waals surface area contributed by atoms with Gasteiger partial charge in [0.15, 0.2) is 0 Å². The second kappa shape index (κ2) is 5.01. The highest BCUT2D eigenvalue weighted by molar-refractivity contribution is 6.29. The van der Waals surface area contributed by atoms with Crippen molar-refractivity contribution < 1.29 is 9.90 Å². The van der Waals surface area contributed by atoms with E-state index in [1.54, 1.807) is 0 Å². The molecule has 0 spiro atoms. The summed E-state index contributed by atoms with van der Waals surface area (Å²) in [5, 5.41) is 7.80. The monoisotopic (exact) mass is 212 g/mol. The van der Waals surface area contributed by atoms with Crippen molar-refractivity contribution in [3.63, 3.8) is 0 Å². The minimum Gasteiger partial charge on any atom is -0.480 e. The normalized spacial score (nSPS) is 12.4. The molecule has 0 aliphatic carbocycles. The number of carboxylic acids is 1. The summed E-state index contributed by atoms with van der Waals surface area (Å²) in [5.41, 5.74) is 2.32. The maximum Gasteiger partial charge on any atom is 0.321 e. The van der Waals surface area contributed by atoms with E-state index in [2.05, 4.69) is 0 Å². The molecule has 2 nitrogen and oxygen atoms in total. The lowest BCUT2D eigenvalue weighted by Gasteiger charge is -2.04. The third-order valence-electron chi connectivity index (χ3n) is 2.04. The van der Waals surface area contributed by atoms with E-state index in [1.165, 1.54) is 5.56 Å². The van der Waals surface area contributed by atoms with E-state index in [-0.39, 0.29) is 0 Å². The van der Waals surface area contributed by atoms with Crippen LogP contribution in [-0.4, -0.2) is 16.5 Å². The highest BCUT2D eigenvalue weighted by Gasteiger charge is 2.12. The van der Waals surface area contributed by atoms with E-state index in [4.69, 9.17) is 16.7 Å². The Bertz CT molecular complexity index is 323. The molecular weight excluding hydrogens is 200 g/mol. The standard InChI is InChI=1S/C11H13ClO2/c1-8-3-2-4-9(7-8)5-6-10(12)11(13)14/h2-4,7,10H,5-6H2,1H3,(H,13,14). The highest BCUT2D eigenvalue weighted by atomic mass is 35.5. The van der Waals surface area contributed by atoms with Gasteiger partial charge in [-0.3, -0.25) is 4.79 Å². The Morgan fingerprint density at radius 3 is 2.86 bits per heavy atom. The van der Waals surface area contributed by atoms with Crippen LogP contribution < -0.4 is 0 Å². The molecule has 1 N–H and O–H groups in total. The van der Waals surface area contributed by atoms with Gasteiger partial charge in [-0.25, -0.2) is 0 Å². The van der Waals surface area contributed by atoms with Gasteiger partial charge in [0.05, 0.1) is 0 Å². The number of aryl methyl sites for hydroxylation is 2. The SMILES string of the molecule is Cc1cccc(CCC(Cl)C(=O)O)c1. The molecule has 1 aromatic rings. The number of carbonyl (C=O) groups is 1. The Morgan fingerprint density at radius 1 is 1.57 bits per heavy atom. The molecule has 0 aliphatic heterocycles. The first-order chi connectivity index (χ1) is 6.59. The summed E-state index contributed by atoms with van der Waals surface area (Å²) in [4.78, 5) is 10.5. The van der Waals surface area contributed by atoms with Gasteiger partial charge >= 0.3 is 5.97 Å². The molecule has 0 fully saturated rings. The van der Waals surface area contributed by atoms with E-state index in [0.29, 0.717) is 12.8 Å². The van der Waals surface area contributed by atoms with Gasteiger partial charge < -0.3 is 5.11 Å². The van der Waals surface area contributed by atoms with Gasteiger partial charge in [0, 0.05) is 0 Å². The van der Waals surface area contributed by atoms with Crippen molar-refractivity contribution in [3.8, 4) is 0 Å². The smallest absolute Gasteiger partial charge is 0.321 e. The Morgan fingerprint density at radius 2 is 2.29 bits per heavy atom. The van der Waals surface area contributed by atoms with Crippen LogP contribution in [0.2, 0.25) is 0 Å². The van der Waals surface area contributed by atoms with Crippen LogP contribution in [0.25, 0.3) is 0 Å².